The van der Waals surface area contributed by atoms with Crippen molar-refractivity contribution >= 4 is 0 Å². The van der Waals surface area contributed by atoms with Gasteiger partial charge in [-0.15, -0.1) is 0 Å². The van der Waals surface area contributed by atoms with Gasteiger partial charge in [-0.1, -0.05) is 29.7 Å². The summed E-state index contributed by atoms with van der Waals surface area (Å²) in [7, 11) is 0. The van der Waals surface area contributed by atoms with Gasteiger partial charge < -0.3 is 0 Å². The molecule has 104 heavy (non-hydrogen) atoms. The van der Waals surface area contributed by atoms with Crippen molar-refractivity contribution in [1.82, 2.24) is 0 Å². The molecule has 0 nitrogen and oxygen atoms in total. The van der Waals surface area contributed by atoms with Crippen LogP contribution < -0.4 is 0 Å². The third kappa shape index (κ3) is 930. The molecule has 0 fully saturated rings. The van der Waals surface area contributed by atoms with Gasteiger partial charge in [0.15, 0.2) is 0 Å². The molecule has 0 spiro atoms. The van der Waals surface area contributed by atoms with Crippen molar-refractivity contribution in [1.29, 1.82) is 0 Å². The average Bonchev–Trinajstić information content (AvgIpc) is 0. The first-order valence-corrected chi connectivity index (χ1v) is 0. The summed E-state index contributed by atoms with van der Waals surface area (Å²) >= 11 is 0. The Labute approximate surface area is 2380 Å². The Balaban J connectivity index is 0. The summed E-state index contributed by atoms with van der Waals surface area (Å²) in [6, 6.07) is 0. The first-order valence-electron chi connectivity index (χ1n) is 0. The smallest absolute Gasteiger partial charge is 0 e. The van der Waals surface area contributed by atoms with Crippen LogP contribution in [-0.4, -0.2) is 0 Å². The summed E-state index contributed by atoms with van der Waals surface area (Å²) in [4.78, 5) is 0. The third-order valence-electron chi connectivity index (χ3n) is 0. The molecule has 0 aliphatic rings. The van der Waals surface area contributed by atoms with E-state index in [4.69, 9.17) is 0 Å². The van der Waals surface area contributed by atoms with Gasteiger partial charge in [0.05, 0.1) is 0 Å². The summed E-state index contributed by atoms with van der Waals surface area (Å²) in [6.45, 7) is 0. The first kappa shape index (κ1) is 962. The summed E-state index contributed by atoms with van der Waals surface area (Å²) in [5, 5.41) is 0. The van der Waals surface area contributed by atoms with E-state index in [2.05, 4.69) is 0 Å². The molecule has 100 heteroatoms. The van der Waals surface area contributed by atoms with Crippen molar-refractivity contribution in [2.24, 2.45) is 0 Å². The molecule has 0 heterocycles. The van der Waals surface area contributed by atoms with Gasteiger partial charge in [-0.05, 0) is 0 Å². The maximum atomic E-state index is 0. The first-order chi connectivity index (χ1) is 0. The molecular weight excluding hydrogens is 11000 g/mol. The normalized spacial score (nSPS) is 0. The van der Waals surface area contributed by atoms with E-state index in [-0.39, 0.29) is 2470 Å². The fourth-order valence-electron chi connectivity index (χ4n) is 0. The second-order valence-corrected chi connectivity index (χ2v) is 0. The number of rotatable bonds is 0. The van der Waals surface area contributed by atoms with Gasteiger partial charge in [0.2, 0.25) is 0 Å². The molecule has 0 N–H and O–H groups in total. The summed E-state index contributed by atoms with van der Waals surface area (Å²) in [6.07, 6.45) is 0. The molecule has 0 aromatic rings. The van der Waals surface area contributed by atoms with E-state index in [1.807, 2.05) is 0 Å². The van der Waals surface area contributed by atoms with Gasteiger partial charge in [-0.25, -0.2) is 0 Å². The molecule has 496 valence electrons. The monoisotopic (exact) mass is 11000 g/mol. The van der Waals surface area contributed by atoms with Crippen LogP contribution in [-0.2, 0) is 2440 Å². The number of hydrogen-bond donors (Lipinski definition) is 0. The van der Waals surface area contributed by atoms with Crippen LogP contribution in [0, 0.1) is 0 Å². The van der Waals surface area contributed by atoms with Gasteiger partial charge in [0.1, 0.15) is 0 Å². The van der Waals surface area contributed by atoms with Crippen molar-refractivity contribution in [3.63, 3.8) is 0 Å². The van der Waals surface area contributed by atoms with Crippen LogP contribution >= 0.6 is 0 Å². The van der Waals surface area contributed by atoms with E-state index >= 15 is 0 Å². The molecular formula is C4H16V31W34Y35. The van der Waals surface area contributed by atoms with Gasteiger partial charge in [0.25, 0.3) is 0 Å². The summed E-state index contributed by atoms with van der Waals surface area (Å²) < 4.78 is 0. The zero-order chi connectivity index (χ0) is 0. The predicted molar refractivity (Wildman–Crippen MR) is 26.9 cm³/mol. The van der Waals surface area contributed by atoms with E-state index in [0.717, 1.165) is 0 Å². The Morgan fingerprint density at radius 2 is 0.0385 bits per heavy atom. The van der Waals surface area contributed by atoms with E-state index in [1.165, 1.54) is 0 Å². The minimum absolute atomic E-state index is 0. The van der Waals surface area contributed by atoms with Crippen LogP contribution in [0.1, 0.15) is 29.7 Å². The van der Waals surface area contributed by atoms with E-state index in [0.29, 0.717) is 0 Å². The average molecular weight is 11000 g/mol. The third-order valence-corrected chi connectivity index (χ3v) is 0. The van der Waals surface area contributed by atoms with Crippen LogP contribution in [0.4, 0.5) is 0 Å². The largest absolute Gasteiger partial charge is 0.0776 e. The van der Waals surface area contributed by atoms with Crippen LogP contribution in [0.3, 0.4) is 0 Å². The fraction of sp³-hybridized carbons (Fsp3) is 1.00. The van der Waals surface area contributed by atoms with Crippen molar-refractivity contribution < 1.29 is 2440 Å². The quantitative estimate of drug-likeness (QED) is 0.350. The van der Waals surface area contributed by atoms with Crippen LogP contribution in [0.2, 0.25) is 0 Å². The molecule has 0 bridgehead atoms. The molecule has 0 amide bonds. The Hall–Kier alpha value is 80.2. The van der Waals surface area contributed by atoms with Gasteiger partial charge in [-0.2, -0.15) is 0 Å². The zero-order valence-corrected chi connectivity index (χ0v) is 290. The molecule has 0 aliphatic carbocycles. The van der Waals surface area contributed by atoms with Crippen molar-refractivity contribution in [2.75, 3.05) is 0 Å². The molecule has 0 aliphatic heterocycles. The molecule has 66 radical (unpaired) electrons. The topological polar surface area (TPSA) is 0 Å². The van der Waals surface area contributed by atoms with Gasteiger partial charge in [0, 0.05) is 2440 Å². The summed E-state index contributed by atoms with van der Waals surface area (Å²) in [5.74, 6) is 0. The summed E-state index contributed by atoms with van der Waals surface area (Å²) in [5.41, 5.74) is 0. The van der Waals surface area contributed by atoms with E-state index in [9.17, 15) is 0 Å². The van der Waals surface area contributed by atoms with Crippen LogP contribution in [0.15, 0.2) is 0 Å². The Kier molecular flexibility index (Phi) is 8750. The fourth-order valence-corrected chi connectivity index (χ4v) is 0. The SMILES string of the molecule is C.C.C.C.[V].[V].[V].[V].[V].[V].[V].[V].[V].[V].[V].[V].[V].[V].[V].[V].[V].[V].[V].[V].[V].[V].[V].[V].[V].[V].[V].[V].[V].[V].[V].[W].[W].[W].[W].[W].[W].[W].[W].[W].[W].[W].[W].[W].[W].[W].[W].[W].[W].[W].[W].[W].[W].[W].[W].[W].[W].[W].[W].[W].[W].[W].[W].[W].[W].[Y].[Y].[Y].[Y].[Y].[Y].[Y].[Y].[Y].[Y].[Y].[Y].[Y].[Y].[Y].[Y].[Y].[Y].[Y].[Y].[Y].[Y].[Y].[Y].[Y].[Y].[Y].[Y].[Y].[Y].[Y].[Y].[Y].[Y].[Y]. The van der Waals surface area contributed by atoms with Gasteiger partial charge in [-0.3, -0.25) is 0 Å². The number of hydrogen-bond acceptors (Lipinski definition) is 0. The molecule has 0 atom stereocenters. The van der Waals surface area contributed by atoms with E-state index < -0.39 is 0 Å². The maximum absolute atomic E-state index is 0. The molecule has 0 aromatic heterocycles. The van der Waals surface area contributed by atoms with Gasteiger partial charge >= 0.3 is 0 Å². The molecule has 0 unspecified atom stereocenters. The van der Waals surface area contributed by atoms with E-state index in [1.54, 1.807) is 0 Å². The van der Waals surface area contributed by atoms with Crippen molar-refractivity contribution in [3.8, 4) is 0 Å². The second-order valence-electron chi connectivity index (χ2n) is 0. The molecule has 0 rings (SSSR count). The van der Waals surface area contributed by atoms with Crippen molar-refractivity contribution in [3.05, 3.63) is 0 Å². The van der Waals surface area contributed by atoms with Crippen LogP contribution in [0.5, 0.6) is 0 Å². The minimum atomic E-state index is 0. The molecule has 0 aromatic carbocycles. The minimum Gasteiger partial charge on any atom is -0.0776 e. The Bertz CT molecular complexity index is 183. The predicted octanol–water partition coefficient (Wildman–Crippen LogP) is 2.29. The standard InChI is InChI=1S/4CH4.31V.34W.35Y/h4*1H4;;;;;;;;;;;;;;;;;;;;;;;;;;;;;;;;;;;;;;;;;;;;;;;;;;;;;;;;;;;;;;;;;;;;;;;;;;;;;;;;;;;;;;;;;;;;;;;;;;;;. The zero-order valence-electron chi connectivity index (χ0n) is 48.0. The molecule has 0 saturated carbocycles. The Morgan fingerprint density at radius 3 is 0.0385 bits per heavy atom. The second kappa shape index (κ2) is 946. The maximum Gasteiger partial charge on any atom is 0 e. The van der Waals surface area contributed by atoms with Crippen molar-refractivity contribution in [2.45, 2.75) is 29.7 Å². The molecule has 0 saturated heterocycles. The Morgan fingerprint density at radius 1 is 0.0385 bits per heavy atom. The van der Waals surface area contributed by atoms with Crippen LogP contribution in [0.25, 0.3) is 0 Å².